The van der Waals surface area contributed by atoms with Crippen molar-refractivity contribution >= 4 is 5.69 Å². The summed E-state index contributed by atoms with van der Waals surface area (Å²) in [5, 5.41) is 7.87. The molecule has 2 aromatic heterocycles. The zero-order valence-electron chi connectivity index (χ0n) is 13.2. The van der Waals surface area contributed by atoms with E-state index in [1.54, 1.807) is 0 Å². The second kappa shape index (κ2) is 5.65. The minimum absolute atomic E-state index is 0.216. The Labute approximate surface area is 121 Å². The second-order valence-electron chi connectivity index (χ2n) is 5.75. The van der Waals surface area contributed by atoms with Crippen LogP contribution in [0, 0.1) is 20.8 Å². The highest BCUT2D eigenvalue weighted by atomic mass is 15.3. The van der Waals surface area contributed by atoms with E-state index in [9.17, 15) is 0 Å². The van der Waals surface area contributed by atoms with E-state index < -0.39 is 0 Å². The third-order valence-corrected chi connectivity index (χ3v) is 3.53. The Morgan fingerprint density at radius 1 is 1.15 bits per heavy atom. The van der Waals surface area contributed by atoms with Crippen LogP contribution in [-0.4, -0.2) is 14.8 Å². The molecular formula is C16H24N4. The van der Waals surface area contributed by atoms with Crippen molar-refractivity contribution in [3.63, 3.8) is 0 Å². The Morgan fingerprint density at radius 3 is 2.40 bits per heavy atom. The van der Waals surface area contributed by atoms with Gasteiger partial charge in [-0.05, 0) is 58.7 Å². The number of nitrogens with zero attached hydrogens (tertiary/aromatic N) is 3. The quantitative estimate of drug-likeness (QED) is 0.916. The van der Waals surface area contributed by atoms with E-state index in [2.05, 4.69) is 56.1 Å². The third-order valence-electron chi connectivity index (χ3n) is 3.53. The van der Waals surface area contributed by atoms with Crippen LogP contribution in [-0.2, 0) is 0 Å². The largest absolute Gasteiger partial charge is 0.376 e. The first kappa shape index (κ1) is 14.6. The maximum absolute atomic E-state index is 4.57. The average molecular weight is 272 g/mol. The van der Waals surface area contributed by atoms with E-state index in [0.717, 1.165) is 17.1 Å². The standard InChI is InChI=1S/C16H24N4/c1-10(2)20-9-15(8-17-20)19-14(6)16-11(3)7-12(4)18-13(16)5/h7-10,14,19H,1-6H3. The molecule has 0 aliphatic rings. The summed E-state index contributed by atoms with van der Waals surface area (Å²) in [5.74, 6) is 0. The van der Waals surface area contributed by atoms with Gasteiger partial charge in [-0.25, -0.2) is 0 Å². The van der Waals surface area contributed by atoms with Gasteiger partial charge in [-0.3, -0.25) is 9.67 Å². The molecule has 0 saturated heterocycles. The molecule has 0 spiro atoms. The van der Waals surface area contributed by atoms with Crippen molar-refractivity contribution in [1.82, 2.24) is 14.8 Å². The molecule has 4 heteroatoms. The van der Waals surface area contributed by atoms with Crippen LogP contribution < -0.4 is 5.32 Å². The Hall–Kier alpha value is -1.84. The fourth-order valence-corrected chi connectivity index (χ4v) is 2.71. The van der Waals surface area contributed by atoms with E-state index in [4.69, 9.17) is 0 Å². The Kier molecular flexibility index (Phi) is 4.12. The highest BCUT2D eigenvalue weighted by Crippen LogP contribution is 2.25. The molecule has 2 aromatic rings. The lowest BCUT2D eigenvalue weighted by Crippen LogP contribution is -2.11. The lowest BCUT2D eigenvalue weighted by molar-refractivity contribution is 0.532. The summed E-state index contributed by atoms with van der Waals surface area (Å²) < 4.78 is 1.96. The number of aromatic nitrogens is 3. The van der Waals surface area contributed by atoms with Gasteiger partial charge in [0.15, 0.2) is 0 Å². The average Bonchev–Trinajstić information content (AvgIpc) is 2.75. The van der Waals surface area contributed by atoms with Crippen LogP contribution >= 0.6 is 0 Å². The Bertz CT molecular complexity index is 575. The van der Waals surface area contributed by atoms with Crippen LogP contribution in [0.4, 0.5) is 5.69 Å². The van der Waals surface area contributed by atoms with Crippen LogP contribution in [0.25, 0.3) is 0 Å². The zero-order valence-corrected chi connectivity index (χ0v) is 13.2. The minimum atomic E-state index is 0.216. The van der Waals surface area contributed by atoms with Gasteiger partial charge in [-0.15, -0.1) is 0 Å². The van der Waals surface area contributed by atoms with Gasteiger partial charge in [0.05, 0.1) is 17.9 Å². The van der Waals surface area contributed by atoms with Gasteiger partial charge in [0.1, 0.15) is 0 Å². The third kappa shape index (κ3) is 3.00. The normalized spacial score (nSPS) is 12.8. The van der Waals surface area contributed by atoms with Crippen LogP contribution in [0.2, 0.25) is 0 Å². The summed E-state index contributed by atoms with van der Waals surface area (Å²) in [7, 11) is 0. The van der Waals surface area contributed by atoms with Crippen LogP contribution in [0.3, 0.4) is 0 Å². The molecule has 0 radical (unpaired) electrons. The van der Waals surface area contributed by atoms with Gasteiger partial charge in [-0.1, -0.05) is 0 Å². The monoisotopic (exact) mass is 272 g/mol. The lowest BCUT2D eigenvalue weighted by atomic mass is 10.0. The van der Waals surface area contributed by atoms with Crippen molar-refractivity contribution < 1.29 is 0 Å². The summed E-state index contributed by atoms with van der Waals surface area (Å²) in [5.41, 5.74) is 5.77. The summed E-state index contributed by atoms with van der Waals surface area (Å²) in [6.07, 6.45) is 3.93. The Morgan fingerprint density at radius 2 is 1.85 bits per heavy atom. The number of nitrogens with one attached hydrogen (secondary N) is 1. The minimum Gasteiger partial charge on any atom is -0.376 e. The van der Waals surface area contributed by atoms with Gasteiger partial charge in [0.2, 0.25) is 0 Å². The highest BCUT2D eigenvalue weighted by Gasteiger charge is 2.14. The number of pyridine rings is 1. The van der Waals surface area contributed by atoms with Gasteiger partial charge >= 0.3 is 0 Å². The van der Waals surface area contributed by atoms with Gasteiger partial charge in [0, 0.05) is 23.6 Å². The molecule has 1 atom stereocenters. The first-order valence-electron chi connectivity index (χ1n) is 7.14. The van der Waals surface area contributed by atoms with E-state index in [1.807, 2.05) is 24.0 Å². The van der Waals surface area contributed by atoms with Crippen molar-refractivity contribution in [2.24, 2.45) is 0 Å². The molecule has 2 rings (SSSR count). The number of hydrogen-bond acceptors (Lipinski definition) is 3. The van der Waals surface area contributed by atoms with E-state index in [-0.39, 0.29) is 6.04 Å². The molecule has 20 heavy (non-hydrogen) atoms. The molecule has 1 unspecified atom stereocenters. The Balaban J connectivity index is 2.21. The summed E-state index contributed by atoms with van der Waals surface area (Å²) in [4.78, 5) is 4.57. The summed E-state index contributed by atoms with van der Waals surface area (Å²) in [6, 6.07) is 2.73. The van der Waals surface area contributed by atoms with Gasteiger partial charge in [0.25, 0.3) is 0 Å². The van der Waals surface area contributed by atoms with E-state index in [0.29, 0.717) is 6.04 Å². The van der Waals surface area contributed by atoms with Gasteiger partial charge < -0.3 is 5.32 Å². The maximum Gasteiger partial charge on any atom is 0.0731 e. The summed E-state index contributed by atoms with van der Waals surface area (Å²) in [6.45, 7) is 12.7. The van der Waals surface area contributed by atoms with E-state index >= 15 is 0 Å². The smallest absolute Gasteiger partial charge is 0.0731 e. The predicted molar refractivity (Wildman–Crippen MR) is 83.1 cm³/mol. The first-order chi connectivity index (χ1) is 9.38. The highest BCUT2D eigenvalue weighted by molar-refractivity contribution is 5.44. The second-order valence-corrected chi connectivity index (χ2v) is 5.75. The number of hydrogen-bond donors (Lipinski definition) is 1. The lowest BCUT2D eigenvalue weighted by Gasteiger charge is -2.19. The molecule has 0 aliphatic carbocycles. The van der Waals surface area contributed by atoms with E-state index in [1.165, 1.54) is 11.1 Å². The molecule has 0 fully saturated rings. The van der Waals surface area contributed by atoms with Crippen molar-refractivity contribution in [1.29, 1.82) is 0 Å². The number of anilines is 1. The van der Waals surface area contributed by atoms with Crippen molar-refractivity contribution in [2.75, 3.05) is 5.32 Å². The fourth-order valence-electron chi connectivity index (χ4n) is 2.71. The van der Waals surface area contributed by atoms with Crippen molar-refractivity contribution in [2.45, 2.75) is 53.6 Å². The summed E-state index contributed by atoms with van der Waals surface area (Å²) >= 11 is 0. The molecule has 108 valence electrons. The van der Waals surface area contributed by atoms with Crippen molar-refractivity contribution in [3.8, 4) is 0 Å². The number of rotatable bonds is 4. The van der Waals surface area contributed by atoms with Crippen LogP contribution in [0.15, 0.2) is 18.5 Å². The van der Waals surface area contributed by atoms with Crippen LogP contribution in [0.1, 0.15) is 55.4 Å². The fraction of sp³-hybridized carbons (Fsp3) is 0.500. The molecule has 0 saturated carbocycles. The van der Waals surface area contributed by atoms with Crippen molar-refractivity contribution in [3.05, 3.63) is 41.0 Å². The molecule has 0 amide bonds. The van der Waals surface area contributed by atoms with Crippen LogP contribution in [0.5, 0.6) is 0 Å². The van der Waals surface area contributed by atoms with Gasteiger partial charge in [-0.2, -0.15) is 5.10 Å². The number of aryl methyl sites for hydroxylation is 3. The maximum atomic E-state index is 4.57. The molecule has 0 bridgehead atoms. The molecular weight excluding hydrogens is 248 g/mol. The SMILES string of the molecule is Cc1cc(C)c(C(C)Nc2cnn(C(C)C)c2)c(C)n1. The topological polar surface area (TPSA) is 42.7 Å². The zero-order chi connectivity index (χ0) is 14.9. The predicted octanol–water partition coefficient (Wildman–Crippen LogP) is 3.96. The molecule has 2 heterocycles. The molecule has 0 aromatic carbocycles. The molecule has 4 nitrogen and oxygen atoms in total. The first-order valence-corrected chi connectivity index (χ1v) is 7.14. The molecule has 1 N–H and O–H groups in total. The molecule has 0 aliphatic heterocycles.